The topological polar surface area (TPSA) is 43.6 Å². The molecule has 0 saturated carbocycles. The lowest BCUT2D eigenvalue weighted by Crippen LogP contribution is -2.11. The van der Waals surface area contributed by atoms with E-state index in [1.807, 2.05) is 24.3 Å². The van der Waals surface area contributed by atoms with Crippen LogP contribution >= 0.6 is 0 Å². The minimum Gasteiger partial charge on any atom is -0.308 e. The number of hydrogen-bond donors (Lipinski definition) is 0. The first-order valence-corrected chi connectivity index (χ1v) is 23.9. The van der Waals surface area contributed by atoms with Crippen LogP contribution in [0.2, 0.25) is 0 Å². The number of rotatable bonds is 8. The van der Waals surface area contributed by atoms with E-state index in [1.54, 1.807) is 0 Å². The first-order valence-electron chi connectivity index (χ1n) is 23.9. The molecule has 0 amide bonds. The normalized spacial score (nSPS) is 11.9. The van der Waals surface area contributed by atoms with Crippen molar-refractivity contribution >= 4 is 21.8 Å². The van der Waals surface area contributed by atoms with Gasteiger partial charge in [-0.25, -0.2) is 15.0 Å². The van der Waals surface area contributed by atoms with Gasteiger partial charge in [-0.3, -0.25) is 0 Å². The van der Waals surface area contributed by atoms with Gasteiger partial charge in [-0.1, -0.05) is 230 Å². The lowest BCUT2D eigenvalue weighted by molar-refractivity contribution is 0.590. The molecule has 11 rings (SSSR count). The van der Waals surface area contributed by atoms with Gasteiger partial charge in [0.25, 0.3) is 0 Å². The Bertz CT molecular complexity index is 3540. The van der Waals surface area contributed by atoms with Crippen LogP contribution in [-0.2, 0) is 10.8 Å². The zero-order valence-corrected chi connectivity index (χ0v) is 40.1. The molecule has 0 atom stereocenters. The lowest BCUT2D eigenvalue weighted by atomic mass is 9.84. The van der Waals surface area contributed by atoms with Gasteiger partial charge in [0.05, 0.1) is 16.7 Å². The summed E-state index contributed by atoms with van der Waals surface area (Å²) in [5, 5.41) is 2.40. The molecule has 9 aromatic carbocycles. The van der Waals surface area contributed by atoms with E-state index in [-0.39, 0.29) is 10.8 Å². The number of fused-ring (bicyclic) bond motifs is 3. The van der Waals surface area contributed by atoms with Gasteiger partial charge >= 0.3 is 0 Å². The second-order valence-corrected chi connectivity index (χ2v) is 20.1. The van der Waals surface area contributed by atoms with Crippen LogP contribution < -0.4 is 0 Å². The highest BCUT2D eigenvalue weighted by Gasteiger charge is 2.25. The van der Waals surface area contributed by atoms with E-state index >= 15 is 0 Å². The summed E-state index contributed by atoms with van der Waals surface area (Å²) in [4.78, 5) is 15.9. The van der Waals surface area contributed by atoms with Crippen LogP contribution in [0.5, 0.6) is 0 Å². The third kappa shape index (κ3) is 8.44. The van der Waals surface area contributed by atoms with Crippen molar-refractivity contribution in [2.75, 3.05) is 0 Å². The Morgan fingerprint density at radius 2 is 0.652 bits per heavy atom. The van der Waals surface area contributed by atoms with Gasteiger partial charge in [0, 0.05) is 38.6 Å². The molecule has 0 bridgehead atoms. The molecule has 4 heteroatoms. The van der Waals surface area contributed by atoms with Crippen LogP contribution in [-0.4, -0.2) is 19.5 Å². The summed E-state index contributed by atoms with van der Waals surface area (Å²) < 4.78 is 2.49. The quantitative estimate of drug-likeness (QED) is 0.153. The molecular formula is C65H54N4. The second-order valence-electron chi connectivity index (χ2n) is 20.1. The molecule has 0 aliphatic heterocycles. The van der Waals surface area contributed by atoms with Gasteiger partial charge in [-0.2, -0.15) is 0 Å². The average molecular weight is 891 g/mol. The van der Waals surface area contributed by atoms with Crippen LogP contribution in [0.1, 0.15) is 52.7 Å². The van der Waals surface area contributed by atoms with Gasteiger partial charge in [0.1, 0.15) is 0 Å². The van der Waals surface area contributed by atoms with Crippen LogP contribution in [0.15, 0.2) is 218 Å². The lowest BCUT2D eigenvalue weighted by Gasteiger charge is -2.23. The van der Waals surface area contributed by atoms with Crippen molar-refractivity contribution in [3.05, 3.63) is 230 Å². The fraction of sp³-hybridized carbons (Fsp3) is 0.123. The Labute approximate surface area is 405 Å². The zero-order chi connectivity index (χ0) is 47.3. The minimum absolute atomic E-state index is 0.0130. The first kappa shape index (κ1) is 43.4. The van der Waals surface area contributed by atoms with Crippen LogP contribution in [0.3, 0.4) is 0 Å². The Morgan fingerprint density at radius 1 is 0.290 bits per heavy atom. The fourth-order valence-electron chi connectivity index (χ4n) is 9.56. The van der Waals surface area contributed by atoms with Gasteiger partial charge < -0.3 is 4.57 Å². The molecule has 0 N–H and O–H groups in total. The number of nitrogens with zero attached hydrogens (tertiary/aromatic N) is 4. The van der Waals surface area contributed by atoms with Gasteiger partial charge in [0.15, 0.2) is 17.5 Å². The van der Waals surface area contributed by atoms with E-state index in [9.17, 15) is 0 Å². The largest absolute Gasteiger partial charge is 0.308 e. The first-order chi connectivity index (χ1) is 33.5. The Morgan fingerprint density at radius 3 is 1.16 bits per heavy atom. The monoisotopic (exact) mass is 890 g/mol. The van der Waals surface area contributed by atoms with Crippen LogP contribution in [0.4, 0.5) is 0 Å². The Hall–Kier alpha value is -8.21. The molecule has 4 nitrogen and oxygen atoms in total. The molecule has 0 aliphatic carbocycles. The summed E-state index contributed by atoms with van der Waals surface area (Å²) in [6.45, 7) is 13.6. The van der Waals surface area contributed by atoms with Gasteiger partial charge in [0.2, 0.25) is 0 Å². The minimum atomic E-state index is -0.0130. The zero-order valence-electron chi connectivity index (χ0n) is 40.1. The maximum Gasteiger partial charge on any atom is 0.164 e. The molecule has 11 aromatic rings. The summed E-state index contributed by atoms with van der Waals surface area (Å²) in [5.41, 5.74) is 17.7. The summed E-state index contributed by atoms with van der Waals surface area (Å²) >= 11 is 0. The smallest absolute Gasteiger partial charge is 0.164 e. The summed E-state index contributed by atoms with van der Waals surface area (Å²) in [6.07, 6.45) is 0. The van der Waals surface area contributed by atoms with Crippen molar-refractivity contribution in [3.8, 4) is 84.4 Å². The highest BCUT2D eigenvalue weighted by Crippen LogP contribution is 2.45. The fourth-order valence-corrected chi connectivity index (χ4v) is 9.56. The molecule has 0 spiro atoms. The van der Waals surface area contributed by atoms with Crippen molar-refractivity contribution < 1.29 is 0 Å². The van der Waals surface area contributed by atoms with Crippen molar-refractivity contribution in [2.24, 2.45) is 0 Å². The van der Waals surface area contributed by atoms with E-state index in [2.05, 4.69) is 240 Å². The van der Waals surface area contributed by atoms with Gasteiger partial charge in [-0.15, -0.1) is 0 Å². The van der Waals surface area contributed by atoms with Crippen molar-refractivity contribution in [1.29, 1.82) is 0 Å². The number of aromatic nitrogens is 4. The molecule has 0 saturated heterocycles. The number of para-hydroxylation sites is 1. The molecule has 2 aromatic heterocycles. The van der Waals surface area contributed by atoms with E-state index < -0.39 is 0 Å². The number of benzene rings is 9. The molecule has 334 valence electrons. The predicted molar refractivity (Wildman–Crippen MR) is 290 cm³/mol. The molecule has 0 aliphatic rings. The van der Waals surface area contributed by atoms with Crippen LogP contribution in [0, 0.1) is 0 Å². The predicted octanol–water partition coefficient (Wildman–Crippen LogP) is 17.2. The van der Waals surface area contributed by atoms with E-state index in [4.69, 9.17) is 15.0 Å². The molecule has 0 fully saturated rings. The second kappa shape index (κ2) is 17.5. The molecule has 69 heavy (non-hydrogen) atoms. The van der Waals surface area contributed by atoms with Crippen molar-refractivity contribution in [3.63, 3.8) is 0 Å². The molecular weight excluding hydrogens is 837 g/mol. The molecule has 2 heterocycles. The van der Waals surface area contributed by atoms with Crippen LogP contribution in [0.25, 0.3) is 106 Å². The molecule has 0 radical (unpaired) electrons. The third-order valence-corrected chi connectivity index (χ3v) is 13.4. The Kier molecular flexibility index (Phi) is 11.0. The Balaban J connectivity index is 1.21. The van der Waals surface area contributed by atoms with Gasteiger partial charge in [-0.05, 0) is 85.7 Å². The maximum absolute atomic E-state index is 5.37. The van der Waals surface area contributed by atoms with E-state index in [0.717, 1.165) is 66.8 Å². The highest BCUT2D eigenvalue weighted by atomic mass is 15.0. The summed E-state index contributed by atoms with van der Waals surface area (Å²) in [6, 6.07) is 78.6. The maximum atomic E-state index is 5.37. The van der Waals surface area contributed by atoms with Crippen molar-refractivity contribution in [2.45, 2.75) is 52.4 Å². The van der Waals surface area contributed by atoms with E-state index in [0.29, 0.717) is 17.5 Å². The summed E-state index contributed by atoms with van der Waals surface area (Å²) in [7, 11) is 0. The average Bonchev–Trinajstić information content (AvgIpc) is 3.72. The molecule has 0 unspecified atom stereocenters. The number of hydrogen-bond acceptors (Lipinski definition) is 3. The summed E-state index contributed by atoms with van der Waals surface area (Å²) in [5.74, 6) is 1.84. The SMILES string of the molecule is CC(C)(C)c1ccc(-c2cc(-c3nc(-c4ccccc4)nc(-c4ccc(-c5ccccc5)cc4)n3)cc(-c3ccc(C(C)(C)C)cc3)c2-n2c3ccccc3c3cc(-c4ccccc4)ccc32)cc1. The van der Waals surface area contributed by atoms with E-state index in [1.165, 1.54) is 33.0 Å². The van der Waals surface area contributed by atoms with Crippen molar-refractivity contribution in [1.82, 2.24) is 19.5 Å². The standard InChI is InChI=1S/C65H54N4/c1-64(2,3)52-35-30-46(31-36-52)55-41-51(63-67-61(48-22-14-9-15-23-48)66-62(68-63)49-28-26-45(27-29-49)43-18-10-7-11-19-43)42-56(47-32-37-53(38-33-47)65(4,5)6)60(55)69-58-25-17-16-24-54(58)57-40-50(34-39-59(57)69)44-20-12-8-13-21-44/h7-42H,1-6H3. The highest BCUT2D eigenvalue weighted by molar-refractivity contribution is 6.12. The third-order valence-electron chi connectivity index (χ3n) is 13.4.